The van der Waals surface area contributed by atoms with E-state index in [1.54, 1.807) is 12.1 Å². The van der Waals surface area contributed by atoms with Gasteiger partial charge in [-0.2, -0.15) is 0 Å². The summed E-state index contributed by atoms with van der Waals surface area (Å²) in [6.45, 7) is 0.128. The minimum Gasteiger partial charge on any atom is -0.493 e. The number of carbonyl (C=O) groups is 1. The van der Waals surface area contributed by atoms with Crippen LogP contribution in [0.3, 0.4) is 0 Å². The van der Waals surface area contributed by atoms with Gasteiger partial charge < -0.3 is 24.7 Å². The lowest BCUT2D eigenvalue weighted by Crippen LogP contribution is -2.22. The normalized spacial score (nSPS) is 14.3. The van der Waals surface area contributed by atoms with Crippen molar-refractivity contribution in [2.45, 2.75) is 6.04 Å². The molecule has 2 rings (SSSR count). The van der Waals surface area contributed by atoms with Gasteiger partial charge in [0.2, 0.25) is 12.5 Å². The maximum atomic E-state index is 11.4. The molecular weight excluding hydrogens is 226 g/mol. The highest BCUT2D eigenvalue weighted by atomic mass is 16.7. The fourth-order valence-electron chi connectivity index (χ4n) is 1.59. The van der Waals surface area contributed by atoms with E-state index in [-0.39, 0.29) is 6.79 Å². The molecule has 0 radical (unpaired) electrons. The van der Waals surface area contributed by atoms with E-state index in [0.717, 1.165) is 0 Å². The van der Waals surface area contributed by atoms with E-state index in [2.05, 4.69) is 4.74 Å². The third-order valence-corrected chi connectivity index (χ3v) is 2.49. The van der Waals surface area contributed by atoms with Crippen LogP contribution in [0.25, 0.3) is 0 Å². The number of methoxy groups -OCH3 is 2. The molecule has 1 aromatic carbocycles. The van der Waals surface area contributed by atoms with Crippen molar-refractivity contribution in [1.29, 1.82) is 0 Å². The molecule has 0 aromatic heterocycles. The second-order valence-corrected chi connectivity index (χ2v) is 3.46. The number of carbonyl (C=O) groups excluding carboxylic acids is 1. The van der Waals surface area contributed by atoms with E-state index in [4.69, 9.17) is 19.9 Å². The lowest BCUT2D eigenvalue weighted by atomic mass is 10.1. The Morgan fingerprint density at radius 2 is 2.18 bits per heavy atom. The highest BCUT2D eigenvalue weighted by molar-refractivity contribution is 5.78. The van der Waals surface area contributed by atoms with Crippen molar-refractivity contribution < 1.29 is 23.7 Å². The number of esters is 1. The lowest BCUT2D eigenvalue weighted by Gasteiger charge is -2.12. The van der Waals surface area contributed by atoms with Gasteiger partial charge in [-0.3, -0.25) is 4.79 Å². The molecule has 1 atom stereocenters. The largest absolute Gasteiger partial charge is 0.493 e. The Balaban J connectivity index is 2.39. The van der Waals surface area contributed by atoms with Crippen LogP contribution < -0.4 is 19.9 Å². The molecule has 17 heavy (non-hydrogen) atoms. The van der Waals surface area contributed by atoms with Crippen LogP contribution in [-0.2, 0) is 9.53 Å². The molecular formula is C11H13NO5. The highest BCUT2D eigenvalue weighted by Crippen LogP contribution is 2.42. The number of hydrogen-bond acceptors (Lipinski definition) is 6. The van der Waals surface area contributed by atoms with Gasteiger partial charge in [-0.1, -0.05) is 0 Å². The van der Waals surface area contributed by atoms with Crippen LogP contribution in [-0.4, -0.2) is 27.0 Å². The Morgan fingerprint density at radius 3 is 2.82 bits per heavy atom. The van der Waals surface area contributed by atoms with E-state index >= 15 is 0 Å². The van der Waals surface area contributed by atoms with Gasteiger partial charge in [0.1, 0.15) is 6.04 Å². The summed E-state index contributed by atoms with van der Waals surface area (Å²) in [6, 6.07) is 2.41. The van der Waals surface area contributed by atoms with Gasteiger partial charge in [0.05, 0.1) is 14.2 Å². The quantitative estimate of drug-likeness (QED) is 0.778. The Labute approximate surface area is 98.2 Å². The molecule has 2 N–H and O–H groups in total. The maximum absolute atomic E-state index is 11.4. The van der Waals surface area contributed by atoms with Gasteiger partial charge in [0.15, 0.2) is 11.5 Å². The summed E-state index contributed by atoms with van der Waals surface area (Å²) in [6.07, 6.45) is 0. The Bertz CT molecular complexity index is 446. The average Bonchev–Trinajstić information content (AvgIpc) is 2.83. The van der Waals surface area contributed by atoms with E-state index in [0.29, 0.717) is 22.8 Å². The van der Waals surface area contributed by atoms with Crippen molar-refractivity contribution in [1.82, 2.24) is 0 Å². The molecule has 0 saturated heterocycles. The molecule has 0 saturated carbocycles. The molecule has 6 heteroatoms. The fourth-order valence-corrected chi connectivity index (χ4v) is 1.59. The summed E-state index contributed by atoms with van der Waals surface area (Å²) < 4.78 is 20.2. The SMILES string of the molecule is COC(=O)[C@H](N)c1cc(OC)c2c(c1)OCO2. The Morgan fingerprint density at radius 1 is 1.41 bits per heavy atom. The van der Waals surface area contributed by atoms with Gasteiger partial charge >= 0.3 is 5.97 Å². The van der Waals surface area contributed by atoms with Crippen molar-refractivity contribution in [3.8, 4) is 17.2 Å². The molecule has 92 valence electrons. The Kier molecular flexibility index (Phi) is 3.06. The van der Waals surface area contributed by atoms with Crippen molar-refractivity contribution in [3.63, 3.8) is 0 Å². The van der Waals surface area contributed by atoms with E-state index in [1.165, 1.54) is 14.2 Å². The third kappa shape index (κ3) is 1.99. The molecule has 0 aliphatic carbocycles. The summed E-state index contributed by atoms with van der Waals surface area (Å²) in [5, 5.41) is 0. The van der Waals surface area contributed by atoms with Crippen LogP contribution in [0, 0.1) is 0 Å². The van der Waals surface area contributed by atoms with Crippen molar-refractivity contribution >= 4 is 5.97 Å². The van der Waals surface area contributed by atoms with Crippen LogP contribution in [0.15, 0.2) is 12.1 Å². The van der Waals surface area contributed by atoms with E-state index in [1.807, 2.05) is 0 Å². The molecule has 0 fully saturated rings. The number of rotatable bonds is 3. The molecule has 0 spiro atoms. The molecule has 1 aliphatic rings. The van der Waals surface area contributed by atoms with E-state index in [9.17, 15) is 4.79 Å². The van der Waals surface area contributed by atoms with Gasteiger partial charge in [0, 0.05) is 0 Å². The van der Waals surface area contributed by atoms with Crippen LogP contribution in [0.4, 0.5) is 0 Å². The second-order valence-electron chi connectivity index (χ2n) is 3.46. The summed E-state index contributed by atoms with van der Waals surface area (Å²) in [4.78, 5) is 11.4. The number of fused-ring (bicyclic) bond motifs is 1. The van der Waals surface area contributed by atoms with Crippen LogP contribution in [0.5, 0.6) is 17.2 Å². The standard InChI is InChI=1S/C11H13NO5/c1-14-7-3-6(9(12)11(13)15-2)4-8-10(7)17-5-16-8/h3-4,9H,5,12H2,1-2H3/t9-/m1/s1. The topological polar surface area (TPSA) is 80.0 Å². The zero-order valence-electron chi connectivity index (χ0n) is 9.56. The number of benzene rings is 1. The molecule has 6 nitrogen and oxygen atoms in total. The molecule has 1 aromatic rings. The highest BCUT2D eigenvalue weighted by Gasteiger charge is 2.24. The van der Waals surface area contributed by atoms with Crippen molar-refractivity contribution in [2.75, 3.05) is 21.0 Å². The zero-order valence-corrected chi connectivity index (χ0v) is 9.56. The predicted octanol–water partition coefficient (Wildman–Crippen LogP) is 0.597. The molecule has 0 unspecified atom stereocenters. The van der Waals surface area contributed by atoms with E-state index < -0.39 is 12.0 Å². The number of ether oxygens (including phenoxy) is 4. The molecule has 1 heterocycles. The van der Waals surface area contributed by atoms with Gasteiger partial charge in [-0.15, -0.1) is 0 Å². The summed E-state index contributed by atoms with van der Waals surface area (Å²) in [7, 11) is 2.79. The van der Waals surface area contributed by atoms with Crippen LogP contribution in [0.2, 0.25) is 0 Å². The Hall–Kier alpha value is -1.95. The number of nitrogens with two attached hydrogens (primary N) is 1. The van der Waals surface area contributed by atoms with Crippen molar-refractivity contribution in [2.24, 2.45) is 5.73 Å². The smallest absolute Gasteiger partial charge is 0.327 e. The first-order valence-corrected chi connectivity index (χ1v) is 4.98. The predicted molar refractivity (Wildman–Crippen MR) is 58.1 cm³/mol. The zero-order chi connectivity index (χ0) is 12.4. The van der Waals surface area contributed by atoms with Crippen LogP contribution >= 0.6 is 0 Å². The van der Waals surface area contributed by atoms with Gasteiger partial charge in [-0.05, 0) is 17.7 Å². The third-order valence-electron chi connectivity index (χ3n) is 2.49. The molecule has 0 amide bonds. The van der Waals surface area contributed by atoms with Crippen molar-refractivity contribution in [3.05, 3.63) is 17.7 Å². The average molecular weight is 239 g/mol. The van der Waals surface area contributed by atoms with Crippen LogP contribution in [0.1, 0.15) is 11.6 Å². The minimum absolute atomic E-state index is 0.128. The maximum Gasteiger partial charge on any atom is 0.327 e. The monoisotopic (exact) mass is 239 g/mol. The second kappa shape index (κ2) is 4.50. The fraction of sp³-hybridized carbons (Fsp3) is 0.364. The first-order valence-electron chi connectivity index (χ1n) is 4.98. The van der Waals surface area contributed by atoms with Gasteiger partial charge in [0.25, 0.3) is 0 Å². The summed E-state index contributed by atoms with van der Waals surface area (Å²) in [5.74, 6) is 0.993. The summed E-state index contributed by atoms with van der Waals surface area (Å²) in [5.41, 5.74) is 6.29. The lowest BCUT2D eigenvalue weighted by molar-refractivity contribution is -0.142. The molecule has 1 aliphatic heterocycles. The first kappa shape index (κ1) is 11.5. The number of hydrogen-bond donors (Lipinski definition) is 1. The molecule has 0 bridgehead atoms. The van der Waals surface area contributed by atoms with Gasteiger partial charge in [-0.25, -0.2) is 0 Å². The summed E-state index contributed by atoms with van der Waals surface area (Å²) >= 11 is 0. The minimum atomic E-state index is -0.872. The first-order chi connectivity index (χ1) is 8.17.